The third-order valence-corrected chi connectivity index (χ3v) is 3.87. The second-order valence-electron chi connectivity index (χ2n) is 6.33. The Bertz CT molecular complexity index is 415. The van der Waals surface area contributed by atoms with Gasteiger partial charge in [0, 0.05) is 13.2 Å². The molecule has 1 fully saturated rings. The van der Waals surface area contributed by atoms with Crippen LogP contribution in [0.4, 0.5) is 6.01 Å². The Hall–Kier alpha value is -1.10. The fourth-order valence-electron chi connectivity index (χ4n) is 2.95. The van der Waals surface area contributed by atoms with Gasteiger partial charge in [0.15, 0.2) is 0 Å². The monoisotopic (exact) mass is 281 g/mol. The van der Waals surface area contributed by atoms with Crippen molar-refractivity contribution < 1.29 is 9.26 Å². The molecule has 2 unspecified atom stereocenters. The molecule has 5 nitrogen and oxygen atoms in total. The molecular weight excluding hydrogens is 254 g/mol. The third kappa shape index (κ3) is 3.51. The van der Waals surface area contributed by atoms with E-state index in [4.69, 9.17) is 9.26 Å². The summed E-state index contributed by atoms with van der Waals surface area (Å²) in [6, 6.07) is 0.506. The summed E-state index contributed by atoms with van der Waals surface area (Å²) in [5.41, 5.74) is -0.353. The van der Waals surface area contributed by atoms with Gasteiger partial charge in [0.05, 0.1) is 0 Å². The molecule has 0 bridgehead atoms. The lowest BCUT2D eigenvalue weighted by Gasteiger charge is -2.37. The lowest BCUT2D eigenvalue weighted by Crippen LogP contribution is -2.36. The van der Waals surface area contributed by atoms with E-state index in [1.165, 1.54) is 6.42 Å². The van der Waals surface area contributed by atoms with Crippen molar-refractivity contribution in [2.45, 2.75) is 59.0 Å². The SMILES string of the molecule is CCOC1(c2noc(NCC(C)C)n2)CCCC(C)C1. The van der Waals surface area contributed by atoms with Crippen LogP contribution in [0.1, 0.15) is 59.2 Å². The molecule has 114 valence electrons. The fourth-order valence-corrected chi connectivity index (χ4v) is 2.95. The maximum atomic E-state index is 6.05. The average molecular weight is 281 g/mol. The summed E-state index contributed by atoms with van der Waals surface area (Å²) in [7, 11) is 0. The van der Waals surface area contributed by atoms with Crippen molar-refractivity contribution in [1.29, 1.82) is 0 Å². The van der Waals surface area contributed by atoms with Crippen LogP contribution >= 0.6 is 0 Å². The highest BCUT2D eigenvalue weighted by atomic mass is 16.5. The second kappa shape index (κ2) is 6.57. The average Bonchev–Trinajstić information content (AvgIpc) is 2.86. The van der Waals surface area contributed by atoms with Gasteiger partial charge in [-0.25, -0.2) is 0 Å². The van der Waals surface area contributed by atoms with Crippen LogP contribution in [0.2, 0.25) is 0 Å². The van der Waals surface area contributed by atoms with Crippen molar-refractivity contribution in [1.82, 2.24) is 10.1 Å². The van der Waals surface area contributed by atoms with E-state index in [2.05, 4.69) is 36.2 Å². The fraction of sp³-hybridized carbons (Fsp3) is 0.867. The molecule has 1 aromatic heterocycles. The molecule has 2 atom stereocenters. The first-order valence-electron chi connectivity index (χ1n) is 7.77. The molecule has 2 rings (SSSR count). The number of aromatic nitrogens is 2. The highest BCUT2D eigenvalue weighted by Crippen LogP contribution is 2.41. The molecule has 20 heavy (non-hydrogen) atoms. The van der Waals surface area contributed by atoms with Gasteiger partial charge in [0.2, 0.25) is 5.82 Å². The van der Waals surface area contributed by atoms with Crippen LogP contribution < -0.4 is 5.32 Å². The highest BCUT2D eigenvalue weighted by molar-refractivity contribution is 5.20. The van der Waals surface area contributed by atoms with Crippen LogP contribution in [0.3, 0.4) is 0 Å². The summed E-state index contributed by atoms with van der Waals surface area (Å²) in [5, 5.41) is 7.35. The lowest BCUT2D eigenvalue weighted by atomic mass is 9.78. The second-order valence-corrected chi connectivity index (χ2v) is 6.33. The Balaban J connectivity index is 2.13. The molecule has 0 radical (unpaired) electrons. The van der Waals surface area contributed by atoms with Crippen molar-refractivity contribution in [2.24, 2.45) is 11.8 Å². The van der Waals surface area contributed by atoms with Crippen LogP contribution in [-0.2, 0) is 10.3 Å². The molecule has 0 saturated heterocycles. The highest BCUT2D eigenvalue weighted by Gasteiger charge is 2.41. The topological polar surface area (TPSA) is 60.2 Å². The molecule has 0 amide bonds. The zero-order chi connectivity index (χ0) is 14.6. The van der Waals surface area contributed by atoms with E-state index in [-0.39, 0.29) is 5.60 Å². The Morgan fingerprint density at radius 3 is 2.95 bits per heavy atom. The number of rotatable bonds is 6. The van der Waals surface area contributed by atoms with Gasteiger partial charge < -0.3 is 14.6 Å². The van der Waals surface area contributed by atoms with E-state index >= 15 is 0 Å². The summed E-state index contributed by atoms with van der Waals surface area (Å²) in [6.07, 6.45) is 4.37. The summed E-state index contributed by atoms with van der Waals surface area (Å²) in [6.45, 7) is 10.1. The number of nitrogens with zero attached hydrogens (tertiary/aromatic N) is 2. The zero-order valence-electron chi connectivity index (χ0n) is 13.1. The Morgan fingerprint density at radius 2 is 2.30 bits per heavy atom. The quantitative estimate of drug-likeness (QED) is 0.863. The Kier molecular flexibility index (Phi) is 5.02. The number of nitrogens with one attached hydrogen (secondary N) is 1. The maximum Gasteiger partial charge on any atom is 0.321 e. The van der Waals surface area contributed by atoms with Crippen LogP contribution in [0.25, 0.3) is 0 Å². The van der Waals surface area contributed by atoms with Gasteiger partial charge >= 0.3 is 6.01 Å². The molecule has 1 aliphatic carbocycles. The van der Waals surface area contributed by atoms with Gasteiger partial charge in [0.1, 0.15) is 5.60 Å². The molecule has 1 heterocycles. The first-order valence-corrected chi connectivity index (χ1v) is 7.77. The van der Waals surface area contributed by atoms with Gasteiger partial charge in [-0.05, 0) is 38.0 Å². The first-order chi connectivity index (χ1) is 9.55. The van der Waals surface area contributed by atoms with Crippen molar-refractivity contribution in [3.05, 3.63) is 5.82 Å². The lowest BCUT2D eigenvalue weighted by molar-refractivity contribution is -0.0891. The third-order valence-electron chi connectivity index (χ3n) is 3.87. The number of hydrogen-bond donors (Lipinski definition) is 1. The normalized spacial score (nSPS) is 26.9. The molecule has 1 aliphatic rings. The minimum absolute atomic E-state index is 0.353. The van der Waals surface area contributed by atoms with Gasteiger partial charge in [0.25, 0.3) is 0 Å². The standard InChI is InChI=1S/C15H27N3O2/c1-5-19-15(8-6-7-12(4)9-15)13-17-14(20-18-13)16-10-11(2)3/h11-12H,5-10H2,1-4H3,(H,16,17,18). The Labute approximate surface area is 121 Å². The van der Waals surface area contributed by atoms with Crippen LogP contribution in [0.15, 0.2) is 4.52 Å². The minimum atomic E-state index is -0.353. The molecule has 0 aromatic carbocycles. The molecule has 1 N–H and O–H groups in total. The van der Waals surface area contributed by atoms with E-state index in [0.717, 1.165) is 25.8 Å². The van der Waals surface area contributed by atoms with E-state index in [1.807, 2.05) is 6.92 Å². The van der Waals surface area contributed by atoms with Crippen molar-refractivity contribution in [3.63, 3.8) is 0 Å². The molecule has 0 spiro atoms. The Morgan fingerprint density at radius 1 is 1.50 bits per heavy atom. The van der Waals surface area contributed by atoms with Gasteiger partial charge in [-0.2, -0.15) is 4.98 Å². The maximum absolute atomic E-state index is 6.05. The summed E-state index contributed by atoms with van der Waals surface area (Å²) < 4.78 is 11.4. The first kappa shape index (κ1) is 15.3. The molecule has 1 aromatic rings. The summed E-state index contributed by atoms with van der Waals surface area (Å²) >= 11 is 0. The van der Waals surface area contributed by atoms with Crippen molar-refractivity contribution in [2.75, 3.05) is 18.5 Å². The molecule has 5 heteroatoms. The van der Waals surface area contributed by atoms with Gasteiger partial charge in [-0.15, -0.1) is 0 Å². The smallest absolute Gasteiger partial charge is 0.321 e. The minimum Gasteiger partial charge on any atom is -0.367 e. The molecule has 0 aliphatic heterocycles. The van der Waals surface area contributed by atoms with Crippen molar-refractivity contribution in [3.8, 4) is 0 Å². The summed E-state index contributed by atoms with van der Waals surface area (Å²) in [4.78, 5) is 4.52. The van der Waals surface area contributed by atoms with E-state index in [1.54, 1.807) is 0 Å². The van der Waals surface area contributed by atoms with Crippen molar-refractivity contribution >= 4 is 6.01 Å². The van der Waals surface area contributed by atoms with E-state index < -0.39 is 0 Å². The van der Waals surface area contributed by atoms with Gasteiger partial charge in [-0.3, -0.25) is 0 Å². The zero-order valence-corrected chi connectivity index (χ0v) is 13.1. The predicted octanol–water partition coefficient (Wildman–Crippen LogP) is 3.58. The van der Waals surface area contributed by atoms with Crippen LogP contribution in [0.5, 0.6) is 0 Å². The predicted molar refractivity (Wildman–Crippen MR) is 78.6 cm³/mol. The van der Waals surface area contributed by atoms with E-state index in [0.29, 0.717) is 30.3 Å². The molecular formula is C15H27N3O2. The molecule has 1 saturated carbocycles. The number of anilines is 1. The van der Waals surface area contributed by atoms with Crippen LogP contribution in [-0.4, -0.2) is 23.3 Å². The largest absolute Gasteiger partial charge is 0.367 e. The summed E-state index contributed by atoms with van der Waals surface area (Å²) in [5.74, 6) is 1.89. The number of hydrogen-bond acceptors (Lipinski definition) is 5. The van der Waals surface area contributed by atoms with Gasteiger partial charge in [-0.1, -0.05) is 32.3 Å². The van der Waals surface area contributed by atoms with Crippen LogP contribution in [0, 0.1) is 11.8 Å². The van der Waals surface area contributed by atoms with E-state index in [9.17, 15) is 0 Å². The number of ether oxygens (including phenoxy) is 1.